The molecule has 18 heavy (non-hydrogen) atoms. The summed E-state index contributed by atoms with van der Waals surface area (Å²) >= 11 is 0. The summed E-state index contributed by atoms with van der Waals surface area (Å²) in [6, 6.07) is 6.13. The second-order valence-corrected chi connectivity index (χ2v) is 4.24. The van der Waals surface area contributed by atoms with Crippen LogP contribution in [0.15, 0.2) is 30.6 Å². The van der Waals surface area contributed by atoms with Crippen LogP contribution in [0.3, 0.4) is 0 Å². The van der Waals surface area contributed by atoms with E-state index in [0.29, 0.717) is 6.04 Å². The molecule has 0 fully saturated rings. The Labute approximate surface area is 112 Å². The zero-order valence-corrected chi connectivity index (χ0v) is 10.9. The van der Waals surface area contributed by atoms with Crippen LogP contribution < -0.4 is 5.32 Å². The molecule has 0 saturated heterocycles. The first-order chi connectivity index (χ1) is 8.34. The molecule has 3 heterocycles. The molecule has 94 valence electrons. The van der Waals surface area contributed by atoms with E-state index in [9.17, 15) is 0 Å². The fourth-order valence-electron chi connectivity index (χ4n) is 2.12. The molecule has 0 saturated carbocycles. The highest BCUT2D eigenvalue weighted by atomic mass is 35.5. The van der Waals surface area contributed by atoms with Crippen molar-refractivity contribution < 1.29 is 0 Å². The van der Waals surface area contributed by atoms with Gasteiger partial charge in [0.25, 0.3) is 0 Å². The predicted molar refractivity (Wildman–Crippen MR) is 72.6 cm³/mol. The summed E-state index contributed by atoms with van der Waals surface area (Å²) in [5, 5.41) is 3.40. The number of nitrogens with zero attached hydrogens (tertiary/aromatic N) is 3. The lowest BCUT2D eigenvalue weighted by molar-refractivity contribution is 0.530. The summed E-state index contributed by atoms with van der Waals surface area (Å²) in [5.41, 5.74) is 3.18. The van der Waals surface area contributed by atoms with Crippen LogP contribution >= 0.6 is 12.4 Å². The summed E-state index contributed by atoms with van der Waals surface area (Å²) in [7, 11) is 0. The molecule has 3 rings (SSSR count). The third kappa shape index (κ3) is 2.35. The lowest BCUT2D eigenvalue weighted by Gasteiger charge is -2.22. The minimum absolute atomic E-state index is 0. The maximum Gasteiger partial charge on any atom is 0.178 e. The Balaban J connectivity index is 0.00000120. The lowest BCUT2D eigenvalue weighted by Crippen LogP contribution is -2.28. The Kier molecular flexibility index (Phi) is 3.89. The fourth-order valence-corrected chi connectivity index (χ4v) is 2.12. The van der Waals surface area contributed by atoms with Crippen LogP contribution in [0, 0.1) is 0 Å². The number of pyridine rings is 1. The van der Waals surface area contributed by atoms with E-state index in [1.54, 1.807) is 6.20 Å². The standard InChI is InChI=1S/C13H14N4.ClH/c1-9-10-8-16-13(12-4-2-3-6-15-12)17-11(10)5-7-14-9;/h2-4,6,8-9,14H,5,7H2,1H3;1H. The molecular weight excluding hydrogens is 248 g/mol. The van der Waals surface area contributed by atoms with Crippen molar-refractivity contribution in [1.29, 1.82) is 0 Å². The van der Waals surface area contributed by atoms with Crippen LogP contribution in [0.4, 0.5) is 0 Å². The number of hydrogen-bond acceptors (Lipinski definition) is 4. The van der Waals surface area contributed by atoms with Crippen molar-refractivity contribution in [2.75, 3.05) is 6.54 Å². The van der Waals surface area contributed by atoms with Crippen LogP contribution in [0.5, 0.6) is 0 Å². The van der Waals surface area contributed by atoms with Crippen molar-refractivity contribution in [3.8, 4) is 11.5 Å². The van der Waals surface area contributed by atoms with E-state index in [4.69, 9.17) is 0 Å². The van der Waals surface area contributed by atoms with E-state index in [1.807, 2.05) is 24.4 Å². The minimum Gasteiger partial charge on any atom is -0.310 e. The van der Waals surface area contributed by atoms with Crippen molar-refractivity contribution in [3.05, 3.63) is 41.9 Å². The number of nitrogens with one attached hydrogen (secondary N) is 1. The second-order valence-electron chi connectivity index (χ2n) is 4.24. The van der Waals surface area contributed by atoms with E-state index in [1.165, 1.54) is 5.56 Å². The van der Waals surface area contributed by atoms with Crippen molar-refractivity contribution >= 4 is 12.4 Å². The van der Waals surface area contributed by atoms with Crippen LogP contribution in [-0.4, -0.2) is 21.5 Å². The van der Waals surface area contributed by atoms with Crippen molar-refractivity contribution in [3.63, 3.8) is 0 Å². The molecule has 0 amide bonds. The molecule has 2 aromatic rings. The second kappa shape index (κ2) is 5.42. The van der Waals surface area contributed by atoms with Gasteiger partial charge in [-0.1, -0.05) is 6.07 Å². The Hall–Kier alpha value is -1.52. The quantitative estimate of drug-likeness (QED) is 0.856. The van der Waals surface area contributed by atoms with Crippen LogP contribution in [0.1, 0.15) is 24.2 Å². The molecule has 0 spiro atoms. The van der Waals surface area contributed by atoms with Crippen molar-refractivity contribution in [2.45, 2.75) is 19.4 Å². The van der Waals surface area contributed by atoms with Gasteiger partial charge in [-0.15, -0.1) is 12.4 Å². The minimum atomic E-state index is 0. The van der Waals surface area contributed by atoms with E-state index in [2.05, 4.69) is 27.2 Å². The smallest absolute Gasteiger partial charge is 0.178 e. The molecule has 0 aliphatic carbocycles. The highest BCUT2D eigenvalue weighted by Crippen LogP contribution is 2.22. The maximum atomic E-state index is 4.62. The van der Waals surface area contributed by atoms with Gasteiger partial charge >= 0.3 is 0 Å². The maximum absolute atomic E-state index is 4.62. The van der Waals surface area contributed by atoms with Gasteiger partial charge in [0.05, 0.1) is 5.69 Å². The first-order valence-electron chi connectivity index (χ1n) is 5.85. The summed E-state index contributed by atoms with van der Waals surface area (Å²) < 4.78 is 0. The van der Waals surface area contributed by atoms with Gasteiger partial charge in [0.1, 0.15) is 5.69 Å². The average Bonchev–Trinajstić information content (AvgIpc) is 2.40. The summed E-state index contributed by atoms with van der Waals surface area (Å²) in [6.07, 6.45) is 4.65. The third-order valence-corrected chi connectivity index (χ3v) is 3.07. The highest BCUT2D eigenvalue weighted by Gasteiger charge is 2.18. The van der Waals surface area contributed by atoms with Gasteiger partial charge in [-0.2, -0.15) is 0 Å². The SMILES string of the molecule is CC1NCCc2nc(-c3ccccn3)ncc21.Cl. The normalized spacial score (nSPS) is 17.7. The molecule has 1 aliphatic rings. The van der Waals surface area contributed by atoms with Gasteiger partial charge in [0.2, 0.25) is 0 Å². The van der Waals surface area contributed by atoms with E-state index in [-0.39, 0.29) is 12.4 Å². The van der Waals surface area contributed by atoms with Crippen LogP contribution in [0.2, 0.25) is 0 Å². The molecule has 5 heteroatoms. The zero-order valence-electron chi connectivity index (χ0n) is 10.1. The summed E-state index contributed by atoms with van der Waals surface area (Å²) in [5.74, 6) is 0.721. The summed E-state index contributed by atoms with van der Waals surface area (Å²) in [4.78, 5) is 13.3. The van der Waals surface area contributed by atoms with Gasteiger partial charge in [-0.05, 0) is 19.1 Å². The van der Waals surface area contributed by atoms with E-state index < -0.39 is 0 Å². The van der Waals surface area contributed by atoms with Crippen molar-refractivity contribution in [1.82, 2.24) is 20.3 Å². The number of hydrogen-bond donors (Lipinski definition) is 1. The molecule has 0 bridgehead atoms. The molecule has 4 nitrogen and oxygen atoms in total. The molecular formula is C13H15ClN4. The lowest BCUT2D eigenvalue weighted by atomic mass is 10.0. The molecule has 0 aromatic carbocycles. The zero-order chi connectivity index (χ0) is 11.7. The third-order valence-electron chi connectivity index (χ3n) is 3.07. The Morgan fingerprint density at radius 2 is 2.17 bits per heavy atom. The first-order valence-corrected chi connectivity index (χ1v) is 5.85. The molecule has 1 unspecified atom stereocenters. The topological polar surface area (TPSA) is 50.7 Å². The Bertz CT molecular complexity index is 530. The van der Waals surface area contributed by atoms with Crippen molar-refractivity contribution in [2.24, 2.45) is 0 Å². The van der Waals surface area contributed by atoms with Gasteiger partial charge in [-0.25, -0.2) is 9.97 Å². The summed E-state index contributed by atoms with van der Waals surface area (Å²) in [6.45, 7) is 3.12. The van der Waals surface area contributed by atoms with E-state index in [0.717, 1.165) is 30.2 Å². The molecule has 1 atom stereocenters. The first kappa shape index (κ1) is 12.9. The molecule has 1 aliphatic heterocycles. The molecule has 1 N–H and O–H groups in total. The van der Waals surface area contributed by atoms with Crippen LogP contribution in [0.25, 0.3) is 11.5 Å². The number of aromatic nitrogens is 3. The number of halogens is 1. The number of fused-ring (bicyclic) bond motifs is 1. The fraction of sp³-hybridized carbons (Fsp3) is 0.308. The highest BCUT2D eigenvalue weighted by molar-refractivity contribution is 5.85. The van der Waals surface area contributed by atoms with E-state index >= 15 is 0 Å². The predicted octanol–water partition coefficient (Wildman–Crippen LogP) is 2.17. The molecule has 2 aromatic heterocycles. The van der Waals surface area contributed by atoms with Gasteiger partial charge in [0, 0.05) is 37.0 Å². The molecule has 0 radical (unpaired) electrons. The number of rotatable bonds is 1. The Morgan fingerprint density at radius 3 is 2.94 bits per heavy atom. The van der Waals surface area contributed by atoms with Gasteiger partial charge in [0.15, 0.2) is 5.82 Å². The Morgan fingerprint density at radius 1 is 1.28 bits per heavy atom. The monoisotopic (exact) mass is 262 g/mol. The van der Waals surface area contributed by atoms with Gasteiger partial charge in [-0.3, -0.25) is 4.98 Å². The van der Waals surface area contributed by atoms with Gasteiger partial charge < -0.3 is 5.32 Å². The average molecular weight is 263 g/mol. The van der Waals surface area contributed by atoms with Crippen LogP contribution in [-0.2, 0) is 6.42 Å². The largest absolute Gasteiger partial charge is 0.310 e.